The zero-order valence-electron chi connectivity index (χ0n) is 15.1. The van der Waals surface area contributed by atoms with E-state index in [1.165, 1.54) is 12.1 Å². The molecule has 0 bridgehead atoms. The predicted molar refractivity (Wildman–Crippen MR) is 108 cm³/mol. The summed E-state index contributed by atoms with van der Waals surface area (Å²) in [6.45, 7) is 3.84. The normalized spacial score (nSPS) is 11.0. The van der Waals surface area contributed by atoms with E-state index in [0.717, 1.165) is 11.1 Å². The molecule has 0 spiro atoms. The second-order valence-corrected chi connectivity index (χ2v) is 7.97. The molecule has 0 aromatic heterocycles. The number of para-hydroxylation sites is 1. The Kier molecular flexibility index (Phi) is 5.28. The number of aryl methyl sites for hydroxylation is 2. The van der Waals surface area contributed by atoms with Crippen molar-refractivity contribution in [1.29, 1.82) is 0 Å². The third-order valence-electron chi connectivity index (χ3n) is 4.06. The van der Waals surface area contributed by atoms with Crippen molar-refractivity contribution >= 4 is 27.3 Å². The molecule has 2 N–H and O–H groups in total. The van der Waals surface area contributed by atoms with Gasteiger partial charge in [0, 0.05) is 5.69 Å². The SMILES string of the molecule is Cc1ccc(NC(=O)c2ccccc2NS(=O)(=O)c2ccc(C)cc2)cc1. The van der Waals surface area contributed by atoms with E-state index < -0.39 is 10.0 Å². The van der Waals surface area contributed by atoms with Gasteiger partial charge in [0.05, 0.1) is 16.1 Å². The van der Waals surface area contributed by atoms with Crippen molar-refractivity contribution in [3.05, 3.63) is 89.5 Å². The quantitative estimate of drug-likeness (QED) is 0.691. The summed E-state index contributed by atoms with van der Waals surface area (Å²) in [6, 6.07) is 20.4. The maximum atomic E-state index is 12.6. The Morgan fingerprint density at radius 1 is 0.778 bits per heavy atom. The number of benzene rings is 3. The molecule has 27 heavy (non-hydrogen) atoms. The molecule has 0 aliphatic rings. The van der Waals surface area contributed by atoms with Crippen molar-refractivity contribution < 1.29 is 13.2 Å². The maximum Gasteiger partial charge on any atom is 0.261 e. The summed E-state index contributed by atoms with van der Waals surface area (Å²) in [4.78, 5) is 12.8. The first kappa shape index (κ1) is 18.7. The number of hydrogen-bond donors (Lipinski definition) is 2. The smallest absolute Gasteiger partial charge is 0.261 e. The second-order valence-electron chi connectivity index (χ2n) is 6.28. The zero-order valence-corrected chi connectivity index (χ0v) is 15.9. The Balaban J connectivity index is 1.86. The Bertz CT molecular complexity index is 1060. The van der Waals surface area contributed by atoms with Crippen LogP contribution in [0.2, 0.25) is 0 Å². The van der Waals surface area contributed by atoms with Gasteiger partial charge in [0.15, 0.2) is 0 Å². The summed E-state index contributed by atoms with van der Waals surface area (Å²) in [7, 11) is -3.79. The third-order valence-corrected chi connectivity index (χ3v) is 5.44. The fourth-order valence-corrected chi connectivity index (χ4v) is 3.61. The predicted octanol–water partition coefficient (Wildman–Crippen LogP) is 4.36. The molecule has 1 amide bonds. The van der Waals surface area contributed by atoms with Gasteiger partial charge in [0.2, 0.25) is 0 Å². The molecule has 0 fully saturated rings. The number of amides is 1. The van der Waals surface area contributed by atoms with Crippen LogP contribution in [0.25, 0.3) is 0 Å². The molecule has 3 rings (SSSR count). The van der Waals surface area contributed by atoms with Crippen LogP contribution in [-0.2, 0) is 10.0 Å². The molecule has 3 aromatic carbocycles. The minimum Gasteiger partial charge on any atom is -0.322 e. The summed E-state index contributed by atoms with van der Waals surface area (Å²) >= 11 is 0. The van der Waals surface area contributed by atoms with Crippen LogP contribution in [0.3, 0.4) is 0 Å². The van der Waals surface area contributed by atoms with Crippen molar-refractivity contribution in [2.24, 2.45) is 0 Å². The number of rotatable bonds is 5. The molecule has 5 nitrogen and oxygen atoms in total. The Hall–Kier alpha value is -3.12. The second kappa shape index (κ2) is 7.63. The monoisotopic (exact) mass is 380 g/mol. The van der Waals surface area contributed by atoms with Crippen LogP contribution in [0.15, 0.2) is 77.7 Å². The molecule has 0 unspecified atom stereocenters. The van der Waals surface area contributed by atoms with Gasteiger partial charge >= 0.3 is 0 Å². The van der Waals surface area contributed by atoms with E-state index in [-0.39, 0.29) is 22.1 Å². The lowest BCUT2D eigenvalue weighted by Gasteiger charge is -2.13. The minimum absolute atomic E-state index is 0.141. The van der Waals surface area contributed by atoms with Gasteiger partial charge in [0.25, 0.3) is 15.9 Å². The van der Waals surface area contributed by atoms with E-state index >= 15 is 0 Å². The van der Waals surface area contributed by atoms with Crippen LogP contribution in [0.1, 0.15) is 21.5 Å². The van der Waals surface area contributed by atoms with Gasteiger partial charge in [-0.05, 0) is 50.2 Å². The van der Waals surface area contributed by atoms with Crippen LogP contribution < -0.4 is 10.0 Å². The first-order chi connectivity index (χ1) is 12.8. The summed E-state index contributed by atoms with van der Waals surface area (Å²) in [6.07, 6.45) is 0. The number of carbonyl (C=O) groups excluding carboxylic acids is 1. The van der Waals surface area contributed by atoms with Crippen molar-refractivity contribution in [3.8, 4) is 0 Å². The Labute approximate surface area is 159 Å². The van der Waals surface area contributed by atoms with E-state index in [2.05, 4.69) is 10.0 Å². The lowest BCUT2D eigenvalue weighted by atomic mass is 10.1. The van der Waals surface area contributed by atoms with Gasteiger partial charge in [-0.3, -0.25) is 9.52 Å². The Morgan fingerprint density at radius 3 is 1.96 bits per heavy atom. The number of nitrogens with one attached hydrogen (secondary N) is 2. The van der Waals surface area contributed by atoms with E-state index in [1.54, 1.807) is 48.5 Å². The molecule has 0 atom stereocenters. The fourth-order valence-electron chi connectivity index (χ4n) is 2.53. The van der Waals surface area contributed by atoms with E-state index in [1.807, 2.05) is 26.0 Å². The first-order valence-electron chi connectivity index (χ1n) is 8.42. The van der Waals surface area contributed by atoms with Gasteiger partial charge in [-0.1, -0.05) is 47.5 Å². The third kappa shape index (κ3) is 4.54. The van der Waals surface area contributed by atoms with E-state index in [4.69, 9.17) is 0 Å². The number of hydrogen-bond acceptors (Lipinski definition) is 3. The Morgan fingerprint density at radius 2 is 1.33 bits per heavy atom. The van der Waals surface area contributed by atoms with Gasteiger partial charge < -0.3 is 5.32 Å². The van der Waals surface area contributed by atoms with Gasteiger partial charge in [-0.2, -0.15) is 0 Å². The van der Waals surface area contributed by atoms with Crippen LogP contribution >= 0.6 is 0 Å². The number of sulfonamides is 1. The largest absolute Gasteiger partial charge is 0.322 e. The molecule has 6 heteroatoms. The van der Waals surface area contributed by atoms with Gasteiger partial charge in [0.1, 0.15) is 0 Å². The van der Waals surface area contributed by atoms with E-state index in [9.17, 15) is 13.2 Å². The van der Waals surface area contributed by atoms with Crippen molar-refractivity contribution in [1.82, 2.24) is 0 Å². The van der Waals surface area contributed by atoms with Crippen LogP contribution in [0, 0.1) is 13.8 Å². The highest BCUT2D eigenvalue weighted by Gasteiger charge is 2.18. The molecule has 0 saturated heterocycles. The standard InChI is InChI=1S/C21H20N2O3S/c1-15-7-11-17(12-8-15)22-21(24)19-5-3-4-6-20(19)23-27(25,26)18-13-9-16(2)10-14-18/h3-14,23H,1-2H3,(H,22,24). The van der Waals surface area contributed by atoms with Gasteiger partial charge in [-0.15, -0.1) is 0 Å². The summed E-state index contributed by atoms with van der Waals surface area (Å²) in [5.41, 5.74) is 3.16. The lowest BCUT2D eigenvalue weighted by molar-refractivity contribution is 0.102. The van der Waals surface area contributed by atoms with Crippen LogP contribution in [0.4, 0.5) is 11.4 Å². The van der Waals surface area contributed by atoms with Crippen LogP contribution in [-0.4, -0.2) is 14.3 Å². The molecule has 138 valence electrons. The van der Waals surface area contributed by atoms with Crippen LogP contribution in [0.5, 0.6) is 0 Å². The molecule has 0 aliphatic carbocycles. The zero-order chi connectivity index (χ0) is 19.4. The average molecular weight is 380 g/mol. The highest BCUT2D eigenvalue weighted by molar-refractivity contribution is 7.92. The number of anilines is 2. The minimum atomic E-state index is -3.79. The molecule has 3 aromatic rings. The molecular formula is C21H20N2O3S. The van der Waals surface area contributed by atoms with Crippen molar-refractivity contribution in [2.45, 2.75) is 18.7 Å². The topological polar surface area (TPSA) is 75.3 Å². The van der Waals surface area contributed by atoms with E-state index in [0.29, 0.717) is 5.69 Å². The highest BCUT2D eigenvalue weighted by Crippen LogP contribution is 2.22. The highest BCUT2D eigenvalue weighted by atomic mass is 32.2. The molecular weight excluding hydrogens is 360 g/mol. The first-order valence-corrected chi connectivity index (χ1v) is 9.90. The summed E-state index contributed by atoms with van der Waals surface area (Å²) < 4.78 is 27.8. The van der Waals surface area contributed by atoms with Crippen molar-refractivity contribution in [2.75, 3.05) is 10.0 Å². The average Bonchev–Trinajstić information content (AvgIpc) is 2.64. The molecule has 0 heterocycles. The fraction of sp³-hybridized carbons (Fsp3) is 0.0952. The summed E-state index contributed by atoms with van der Waals surface area (Å²) in [5.74, 6) is -0.388. The number of carbonyl (C=O) groups is 1. The molecule has 0 aliphatic heterocycles. The van der Waals surface area contributed by atoms with Gasteiger partial charge in [-0.25, -0.2) is 8.42 Å². The summed E-state index contributed by atoms with van der Waals surface area (Å²) in [5, 5.41) is 2.79. The lowest BCUT2D eigenvalue weighted by Crippen LogP contribution is -2.18. The molecule has 0 radical (unpaired) electrons. The maximum absolute atomic E-state index is 12.6. The van der Waals surface area contributed by atoms with Crippen molar-refractivity contribution in [3.63, 3.8) is 0 Å². The molecule has 0 saturated carbocycles.